The van der Waals surface area contributed by atoms with Crippen LogP contribution in [0.1, 0.15) is 11.1 Å². The third-order valence-corrected chi connectivity index (χ3v) is 4.75. The Morgan fingerprint density at radius 2 is 1.36 bits per heavy atom. The highest BCUT2D eigenvalue weighted by Gasteiger charge is 2.31. The summed E-state index contributed by atoms with van der Waals surface area (Å²) in [5.74, 6) is 1.65. The molecule has 3 aromatic carbocycles. The largest absolute Gasteiger partial charge is 0.496 e. The van der Waals surface area contributed by atoms with Gasteiger partial charge >= 0.3 is 0 Å². The van der Waals surface area contributed by atoms with E-state index >= 15 is 0 Å². The highest BCUT2D eigenvalue weighted by atomic mass is 16.5. The van der Waals surface area contributed by atoms with Gasteiger partial charge in [0.1, 0.15) is 11.5 Å². The van der Waals surface area contributed by atoms with Crippen molar-refractivity contribution in [2.24, 2.45) is 0 Å². The Labute approximate surface area is 146 Å². The summed E-state index contributed by atoms with van der Waals surface area (Å²) >= 11 is 0. The molecule has 4 nitrogen and oxygen atoms in total. The van der Waals surface area contributed by atoms with Gasteiger partial charge in [0.15, 0.2) is 0 Å². The fourth-order valence-electron chi connectivity index (χ4n) is 3.64. The van der Waals surface area contributed by atoms with E-state index in [1.807, 2.05) is 54.6 Å². The Bertz CT molecular complexity index is 950. The average Bonchev–Trinajstić information content (AvgIpc) is 2.66. The minimum Gasteiger partial charge on any atom is -0.496 e. The first-order chi connectivity index (χ1) is 12.2. The van der Waals surface area contributed by atoms with Crippen LogP contribution in [0.4, 0.5) is 5.69 Å². The molecule has 1 aliphatic rings. The topological polar surface area (TPSA) is 38.8 Å². The van der Waals surface area contributed by atoms with Crippen LogP contribution in [0.3, 0.4) is 0 Å². The summed E-state index contributed by atoms with van der Waals surface area (Å²) in [6.45, 7) is 0.475. The lowest BCUT2D eigenvalue weighted by Crippen LogP contribution is -2.36. The lowest BCUT2D eigenvalue weighted by molar-refractivity contribution is -0.118. The number of methoxy groups -OCH3 is 2. The van der Waals surface area contributed by atoms with E-state index in [9.17, 15) is 4.79 Å². The summed E-state index contributed by atoms with van der Waals surface area (Å²) in [6, 6.07) is 17.7. The number of benzene rings is 3. The van der Waals surface area contributed by atoms with Gasteiger partial charge in [-0.05, 0) is 12.1 Å². The van der Waals surface area contributed by atoms with Gasteiger partial charge in [0.25, 0.3) is 0 Å². The fourth-order valence-corrected chi connectivity index (χ4v) is 3.64. The van der Waals surface area contributed by atoms with Crippen LogP contribution in [0.5, 0.6) is 11.5 Å². The smallest absolute Gasteiger partial charge is 0.231 e. The Kier molecular flexibility index (Phi) is 3.80. The molecular formula is C21H19NO3. The summed E-state index contributed by atoms with van der Waals surface area (Å²) < 4.78 is 11.4. The molecule has 1 heterocycles. The minimum atomic E-state index is 0.0642. The molecule has 126 valence electrons. The molecule has 4 heteroatoms. The number of nitrogens with zero attached hydrogens (tertiary/aromatic N) is 1. The molecule has 0 saturated carbocycles. The molecule has 0 spiro atoms. The Balaban J connectivity index is 1.95. The van der Waals surface area contributed by atoms with Crippen molar-refractivity contribution in [3.05, 3.63) is 65.7 Å². The second-order valence-electron chi connectivity index (χ2n) is 6.06. The van der Waals surface area contributed by atoms with Crippen molar-refractivity contribution in [3.63, 3.8) is 0 Å². The van der Waals surface area contributed by atoms with E-state index in [4.69, 9.17) is 9.47 Å². The zero-order chi connectivity index (χ0) is 17.4. The second-order valence-corrected chi connectivity index (χ2v) is 6.06. The van der Waals surface area contributed by atoms with Gasteiger partial charge in [-0.15, -0.1) is 0 Å². The third-order valence-electron chi connectivity index (χ3n) is 4.75. The number of para-hydroxylation sites is 1. The first kappa shape index (κ1) is 15.5. The van der Waals surface area contributed by atoms with Gasteiger partial charge in [-0.2, -0.15) is 0 Å². The third kappa shape index (κ3) is 2.41. The van der Waals surface area contributed by atoms with Crippen LogP contribution in [0, 0.1) is 0 Å². The van der Waals surface area contributed by atoms with Gasteiger partial charge < -0.3 is 14.4 Å². The van der Waals surface area contributed by atoms with E-state index < -0.39 is 0 Å². The molecule has 0 fully saturated rings. The fraction of sp³-hybridized carbons (Fsp3) is 0.190. The maximum Gasteiger partial charge on any atom is 0.231 e. The summed E-state index contributed by atoms with van der Waals surface area (Å²) in [5.41, 5.74) is 2.84. The molecular weight excluding hydrogens is 314 g/mol. The lowest BCUT2D eigenvalue weighted by atomic mass is 9.92. The van der Waals surface area contributed by atoms with E-state index in [0.29, 0.717) is 13.0 Å². The number of ether oxygens (including phenoxy) is 2. The van der Waals surface area contributed by atoms with Gasteiger partial charge in [0, 0.05) is 27.6 Å². The zero-order valence-electron chi connectivity index (χ0n) is 14.3. The number of hydrogen-bond donors (Lipinski definition) is 0. The minimum absolute atomic E-state index is 0.0642. The van der Waals surface area contributed by atoms with Crippen LogP contribution in [-0.4, -0.2) is 20.1 Å². The molecule has 0 atom stereocenters. The van der Waals surface area contributed by atoms with Crippen molar-refractivity contribution in [3.8, 4) is 11.5 Å². The summed E-state index contributed by atoms with van der Waals surface area (Å²) in [6.07, 6.45) is 0.300. The van der Waals surface area contributed by atoms with Crippen LogP contribution < -0.4 is 14.4 Å². The number of fused-ring (bicyclic) bond motifs is 2. The van der Waals surface area contributed by atoms with Gasteiger partial charge in [-0.25, -0.2) is 0 Å². The van der Waals surface area contributed by atoms with Crippen molar-refractivity contribution < 1.29 is 14.3 Å². The molecule has 25 heavy (non-hydrogen) atoms. The van der Waals surface area contributed by atoms with Gasteiger partial charge in [0.2, 0.25) is 5.91 Å². The maximum absolute atomic E-state index is 12.8. The zero-order valence-corrected chi connectivity index (χ0v) is 14.3. The number of carbonyl (C=O) groups excluding carboxylic acids is 1. The van der Waals surface area contributed by atoms with Crippen LogP contribution in [0.15, 0.2) is 54.6 Å². The Morgan fingerprint density at radius 1 is 0.800 bits per heavy atom. The van der Waals surface area contributed by atoms with Crippen molar-refractivity contribution in [1.82, 2.24) is 0 Å². The van der Waals surface area contributed by atoms with Gasteiger partial charge in [-0.1, -0.05) is 42.5 Å². The van der Waals surface area contributed by atoms with Crippen LogP contribution in [0.25, 0.3) is 10.8 Å². The summed E-state index contributed by atoms with van der Waals surface area (Å²) in [4.78, 5) is 14.6. The molecule has 0 saturated heterocycles. The molecule has 0 unspecified atom stereocenters. The predicted octanol–water partition coefficient (Wildman–Crippen LogP) is 3.95. The molecule has 0 radical (unpaired) electrons. The van der Waals surface area contributed by atoms with Crippen molar-refractivity contribution in [2.45, 2.75) is 13.0 Å². The highest BCUT2D eigenvalue weighted by Crippen LogP contribution is 2.43. The Morgan fingerprint density at radius 3 is 1.96 bits per heavy atom. The lowest BCUT2D eigenvalue weighted by Gasteiger charge is -2.31. The highest BCUT2D eigenvalue weighted by molar-refractivity contribution is 6.02. The molecule has 3 aromatic rings. The molecule has 4 rings (SSSR count). The monoisotopic (exact) mass is 333 g/mol. The SMILES string of the molecule is COc1c2c(c(OC)c3ccccc13)CN(c1ccccc1)C(=O)C2. The molecule has 0 aliphatic carbocycles. The summed E-state index contributed by atoms with van der Waals surface area (Å²) in [7, 11) is 3.33. The standard InChI is InChI=1S/C21H19NO3/c1-24-20-15-10-6-7-11-16(15)21(25-2)18-13-22(19(23)12-17(18)20)14-8-4-3-5-9-14/h3-11H,12-13H2,1-2H3. The van der Waals surface area contributed by atoms with Crippen molar-refractivity contribution in [2.75, 3.05) is 19.1 Å². The number of anilines is 1. The van der Waals surface area contributed by atoms with Crippen LogP contribution >= 0.6 is 0 Å². The number of hydrogen-bond acceptors (Lipinski definition) is 3. The normalized spacial score (nSPS) is 13.7. The molecule has 0 aromatic heterocycles. The van der Waals surface area contributed by atoms with E-state index in [1.165, 1.54) is 0 Å². The Hall–Kier alpha value is -3.01. The first-order valence-corrected chi connectivity index (χ1v) is 8.24. The number of rotatable bonds is 3. The quantitative estimate of drug-likeness (QED) is 0.728. The molecule has 1 aliphatic heterocycles. The van der Waals surface area contributed by atoms with Crippen molar-refractivity contribution in [1.29, 1.82) is 0 Å². The number of carbonyl (C=O) groups is 1. The number of amides is 1. The van der Waals surface area contributed by atoms with Gasteiger partial charge in [-0.3, -0.25) is 4.79 Å². The van der Waals surface area contributed by atoms with E-state index in [0.717, 1.165) is 39.1 Å². The van der Waals surface area contributed by atoms with E-state index in [2.05, 4.69) is 0 Å². The first-order valence-electron chi connectivity index (χ1n) is 8.24. The molecule has 0 N–H and O–H groups in total. The van der Waals surface area contributed by atoms with Crippen LogP contribution in [-0.2, 0) is 17.8 Å². The maximum atomic E-state index is 12.8. The van der Waals surface area contributed by atoms with Crippen LogP contribution in [0.2, 0.25) is 0 Å². The summed E-state index contributed by atoms with van der Waals surface area (Å²) in [5, 5.41) is 1.98. The average molecular weight is 333 g/mol. The van der Waals surface area contributed by atoms with Gasteiger partial charge in [0.05, 0.1) is 27.2 Å². The molecule has 1 amide bonds. The van der Waals surface area contributed by atoms with E-state index in [1.54, 1.807) is 19.1 Å². The van der Waals surface area contributed by atoms with Crippen molar-refractivity contribution >= 4 is 22.4 Å². The second kappa shape index (κ2) is 6.13. The van der Waals surface area contributed by atoms with E-state index in [-0.39, 0.29) is 5.91 Å². The predicted molar refractivity (Wildman–Crippen MR) is 98.4 cm³/mol. The molecule has 0 bridgehead atoms.